The standard InChI is InChI=1S/C29H53NO/c1-2-3-4-5-6-7-8-9-10-11-12-13-14-15-16-17-18-19-20-21-22-23-26-29(31)30-27-24-25-28-30/h16-17,20-21H,2-15,18-19,22-28H2,1H3/b17-16-,21-20-. The SMILES string of the molecule is CCCCCCCCCCCCCCC/C=C\CC/C=C\CCCC(=O)N1CCCC1. The van der Waals surface area contributed by atoms with Gasteiger partial charge < -0.3 is 4.90 Å². The van der Waals surface area contributed by atoms with Gasteiger partial charge >= 0.3 is 0 Å². The molecule has 0 radical (unpaired) electrons. The summed E-state index contributed by atoms with van der Waals surface area (Å²) >= 11 is 0. The van der Waals surface area contributed by atoms with Crippen LogP contribution in [0.5, 0.6) is 0 Å². The van der Waals surface area contributed by atoms with E-state index in [1.165, 1.54) is 103 Å². The van der Waals surface area contributed by atoms with Gasteiger partial charge in [-0.1, -0.05) is 108 Å². The number of allylic oxidation sites excluding steroid dienone is 4. The Hall–Kier alpha value is -1.05. The molecule has 1 aliphatic rings. The Kier molecular flexibility index (Phi) is 20.0. The van der Waals surface area contributed by atoms with Crippen LogP contribution in [0.1, 0.15) is 142 Å². The molecule has 0 N–H and O–H groups in total. The Morgan fingerprint density at radius 2 is 1.00 bits per heavy atom. The molecule has 0 atom stereocenters. The summed E-state index contributed by atoms with van der Waals surface area (Å²) in [6.45, 7) is 4.26. The summed E-state index contributed by atoms with van der Waals surface area (Å²) in [7, 11) is 0. The number of likely N-dealkylation sites (tertiary alicyclic amines) is 1. The molecule has 0 aromatic carbocycles. The van der Waals surface area contributed by atoms with Gasteiger partial charge in [0.2, 0.25) is 5.91 Å². The van der Waals surface area contributed by atoms with Crippen molar-refractivity contribution in [1.82, 2.24) is 4.90 Å². The Bertz CT molecular complexity index is 448. The highest BCUT2D eigenvalue weighted by Crippen LogP contribution is 2.13. The second-order valence-electron chi connectivity index (χ2n) is 9.53. The predicted octanol–water partition coefficient (Wildman–Crippen LogP) is 9.15. The molecule has 31 heavy (non-hydrogen) atoms. The van der Waals surface area contributed by atoms with Gasteiger partial charge in [-0.3, -0.25) is 4.79 Å². The van der Waals surface area contributed by atoms with E-state index in [9.17, 15) is 4.79 Å². The van der Waals surface area contributed by atoms with Crippen molar-refractivity contribution in [2.24, 2.45) is 0 Å². The zero-order valence-corrected chi connectivity index (χ0v) is 20.9. The second-order valence-corrected chi connectivity index (χ2v) is 9.53. The molecular weight excluding hydrogens is 378 g/mol. The molecule has 0 unspecified atom stereocenters. The first-order chi connectivity index (χ1) is 15.3. The average molecular weight is 432 g/mol. The molecule has 0 spiro atoms. The van der Waals surface area contributed by atoms with Crippen LogP contribution in [0.15, 0.2) is 24.3 Å². The van der Waals surface area contributed by atoms with Gasteiger partial charge in [-0.05, 0) is 51.4 Å². The molecule has 1 heterocycles. The van der Waals surface area contributed by atoms with Crippen LogP contribution < -0.4 is 0 Å². The number of hydrogen-bond donors (Lipinski definition) is 0. The van der Waals surface area contributed by atoms with Crippen LogP contribution in [-0.4, -0.2) is 23.9 Å². The normalized spacial score (nSPS) is 14.4. The zero-order valence-electron chi connectivity index (χ0n) is 20.9. The van der Waals surface area contributed by atoms with Crippen molar-refractivity contribution in [2.75, 3.05) is 13.1 Å². The molecule has 1 amide bonds. The Balaban J connectivity index is 1.74. The summed E-state index contributed by atoms with van der Waals surface area (Å²) in [4.78, 5) is 14.0. The fourth-order valence-electron chi connectivity index (χ4n) is 4.44. The summed E-state index contributed by atoms with van der Waals surface area (Å²) in [5, 5.41) is 0. The lowest BCUT2D eigenvalue weighted by Crippen LogP contribution is -2.27. The lowest BCUT2D eigenvalue weighted by molar-refractivity contribution is -0.130. The van der Waals surface area contributed by atoms with Crippen LogP contribution in [-0.2, 0) is 4.79 Å². The van der Waals surface area contributed by atoms with Crippen LogP contribution in [0.3, 0.4) is 0 Å². The molecule has 2 nitrogen and oxygen atoms in total. The van der Waals surface area contributed by atoms with Gasteiger partial charge in [-0.25, -0.2) is 0 Å². The van der Waals surface area contributed by atoms with Crippen LogP contribution in [0.25, 0.3) is 0 Å². The highest BCUT2D eigenvalue weighted by Gasteiger charge is 2.16. The second kappa shape index (κ2) is 22.2. The number of nitrogens with zero attached hydrogens (tertiary/aromatic N) is 1. The summed E-state index contributed by atoms with van der Waals surface area (Å²) in [5.74, 6) is 0.363. The van der Waals surface area contributed by atoms with Gasteiger partial charge in [0.25, 0.3) is 0 Å². The molecule has 2 heteroatoms. The number of amides is 1. The van der Waals surface area contributed by atoms with E-state index in [1.807, 2.05) is 4.90 Å². The van der Waals surface area contributed by atoms with Gasteiger partial charge in [0.15, 0.2) is 0 Å². The summed E-state index contributed by atoms with van der Waals surface area (Å²) in [6.07, 6.45) is 36.6. The van der Waals surface area contributed by atoms with Crippen LogP contribution in [0, 0.1) is 0 Å². The van der Waals surface area contributed by atoms with E-state index >= 15 is 0 Å². The summed E-state index contributed by atoms with van der Waals surface area (Å²) in [6, 6.07) is 0. The average Bonchev–Trinajstić information content (AvgIpc) is 3.32. The van der Waals surface area contributed by atoms with Gasteiger partial charge in [0.05, 0.1) is 0 Å². The third-order valence-electron chi connectivity index (χ3n) is 6.53. The van der Waals surface area contributed by atoms with Gasteiger partial charge in [-0.2, -0.15) is 0 Å². The van der Waals surface area contributed by atoms with Crippen molar-refractivity contribution in [2.45, 2.75) is 142 Å². The molecule has 1 saturated heterocycles. The highest BCUT2D eigenvalue weighted by atomic mass is 16.2. The Morgan fingerprint density at radius 3 is 1.52 bits per heavy atom. The molecular formula is C29H53NO. The van der Waals surface area contributed by atoms with Crippen molar-refractivity contribution in [1.29, 1.82) is 0 Å². The number of hydrogen-bond acceptors (Lipinski definition) is 1. The van der Waals surface area contributed by atoms with E-state index in [-0.39, 0.29) is 0 Å². The van der Waals surface area contributed by atoms with Crippen LogP contribution in [0.2, 0.25) is 0 Å². The monoisotopic (exact) mass is 431 g/mol. The van der Waals surface area contributed by atoms with Crippen LogP contribution in [0.4, 0.5) is 0 Å². The lowest BCUT2D eigenvalue weighted by Gasteiger charge is -2.14. The molecule has 0 aliphatic carbocycles. The van der Waals surface area contributed by atoms with E-state index < -0.39 is 0 Å². The topological polar surface area (TPSA) is 20.3 Å². The Labute approximate surface area is 194 Å². The molecule has 0 aromatic rings. The van der Waals surface area contributed by atoms with E-state index in [0.29, 0.717) is 5.91 Å². The quantitative estimate of drug-likeness (QED) is 0.131. The lowest BCUT2D eigenvalue weighted by atomic mass is 10.0. The molecule has 0 saturated carbocycles. The van der Waals surface area contributed by atoms with Crippen molar-refractivity contribution in [3.63, 3.8) is 0 Å². The fourth-order valence-corrected chi connectivity index (χ4v) is 4.44. The maximum Gasteiger partial charge on any atom is 0.222 e. The first-order valence-electron chi connectivity index (χ1n) is 13.9. The molecule has 0 aromatic heterocycles. The number of carbonyl (C=O) groups is 1. The maximum atomic E-state index is 11.9. The number of unbranched alkanes of at least 4 members (excludes halogenated alkanes) is 15. The first kappa shape index (κ1) is 28.0. The molecule has 1 rings (SSSR count). The highest BCUT2D eigenvalue weighted by molar-refractivity contribution is 5.76. The van der Waals surface area contributed by atoms with Gasteiger partial charge in [0, 0.05) is 19.5 Å². The van der Waals surface area contributed by atoms with Crippen molar-refractivity contribution >= 4 is 5.91 Å². The van der Waals surface area contributed by atoms with Crippen molar-refractivity contribution in [3.05, 3.63) is 24.3 Å². The minimum absolute atomic E-state index is 0.363. The fraction of sp³-hybridized carbons (Fsp3) is 0.828. The van der Waals surface area contributed by atoms with Crippen molar-refractivity contribution < 1.29 is 4.79 Å². The van der Waals surface area contributed by atoms with E-state index in [0.717, 1.165) is 45.2 Å². The smallest absolute Gasteiger partial charge is 0.222 e. The minimum Gasteiger partial charge on any atom is -0.343 e. The minimum atomic E-state index is 0.363. The number of rotatable bonds is 21. The van der Waals surface area contributed by atoms with E-state index in [4.69, 9.17) is 0 Å². The van der Waals surface area contributed by atoms with Crippen molar-refractivity contribution in [3.8, 4) is 0 Å². The third kappa shape index (κ3) is 18.2. The van der Waals surface area contributed by atoms with Gasteiger partial charge in [0.1, 0.15) is 0 Å². The summed E-state index contributed by atoms with van der Waals surface area (Å²) < 4.78 is 0. The van der Waals surface area contributed by atoms with Crippen LogP contribution >= 0.6 is 0 Å². The molecule has 1 aliphatic heterocycles. The largest absolute Gasteiger partial charge is 0.343 e. The number of carbonyl (C=O) groups excluding carboxylic acids is 1. The van der Waals surface area contributed by atoms with E-state index in [1.54, 1.807) is 0 Å². The zero-order chi connectivity index (χ0) is 22.2. The predicted molar refractivity (Wildman–Crippen MR) is 137 cm³/mol. The maximum absolute atomic E-state index is 11.9. The molecule has 180 valence electrons. The molecule has 1 fully saturated rings. The Morgan fingerprint density at radius 1 is 0.581 bits per heavy atom. The first-order valence-corrected chi connectivity index (χ1v) is 13.9. The molecule has 0 bridgehead atoms. The summed E-state index contributed by atoms with van der Waals surface area (Å²) in [5.41, 5.74) is 0. The third-order valence-corrected chi connectivity index (χ3v) is 6.53. The van der Waals surface area contributed by atoms with E-state index in [2.05, 4.69) is 31.2 Å². The van der Waals surface area contributed by atoms with Gasteiger partial charge in [-0.15, -0.1) is 0 Å².